The van der Waals surface area contributed by atoms with E-state index in [1.54, 1.807) is 13.2 Å². The van der Waals surface area contributed by atoms with Gasteiger partial charge < -0.3 is 10.6 Å². The molecule has 0 unspecified atom stereocenters. The van der Waals surface area contributed by atoms with Crippen LogP contribution in [0.2, 0.25) is 0 Å². The zero-order chi connectivity index (χ0) is 8.97. The van der Waals surface area contributed by atoms with Crippen LogP contribution in [0.5, 0.6) is 0 Å². The first kappa shape index (κ1) is 8.52. The van der Waals surface area contributed by atoms with Crippen molar-refractivity contribution in [2.24, 2.45) is 0 Å². The number of amides is 2. The van der Waals surface area contributed by atoms with Crippen LogP contribution in [0.3, 0.4) is 0 Å². The third-order valence-electron chi connectivity index (χ3n) is 1.44. The molecular formula is C8H10N3O. The second-order valence-electron chi connectivity index (χ2n) is 2.32. The number of aryl methyl sites for hydroxylation is 1. The largest absolute Gasteiger partial charge is 0.341 e. The van der Waals surface area contributed by atoms with E-state index in [-0.39, 0.29) is 6.03 Å². The smallest absolute Gasteiger partial charge is 0.319 e. The molecule has 4 nitrogen and oxygen atoms in total. The number of pyridine rings is 1. The van der Waals surface area contributed by atoms with Crippen LogP contribution in [-0.2, 0) is 0 Å². The highest BCUT2D eigenvalue weighted by Crippen LogP contribution is 2.09. The zero-order valence-corrected chi connectivity index (χ0v) is 7.01. The number of anilines is 1. The molecular weight excluding hydrogens is 154 g/mol. The van der Waals surface area contributed by atoms with Crippen molar-refractivity contribution in [2.45, 2.75) is 6.92 Å². The SMILES string of the molecule is CNC(=O)Nc1[c]nccc1C. The van der Waals surface area contributed by atoms with E-state index < -0.39 is 0 Å². The van der Waals surface area contributed by atoms with Crippen LogP contribution < -0.4 is 10.6 Å². The topological polar surface area (TPSA) is 54.0 Å². The quantitative estimate of drug-likeness (QED) is 0.649. The van der Waals surface area contributed by atoms with Crippen molar-refractivity contribution in [3.8, 4) is 0 Å². The number of hydrogen-bond donors (Lipinski definition) is 2. The fraction of sp³-hybridized carbons (Fsp3) is 0.250. The van der Waals surface area contributed by atoms with E-state index in [4.69, 9.17) is 0 Å². The summed E-state index contributed by atoms with van der Waals surface area (Å²) in [6, 6.07) is 1.55. The standard InChI is InChI=1S/C8H10N3O/c1-6-3-4-10-5-7(6)11-8(12)9-2/h3-4H,1-2H3,(H2,9,11,12). The van der Waals surface area contributed by atoms with Gasteiger partial charge >= 0.3 is 6.03 Å². The highest BCUT2D eigenvalue weighted by atomic mass is 16.2. The molecule has 0 saturated heterocycles. The van der Waals surface area contributed by atoms with Crippen molar-refractivity contribution in [3.63, 3.8) is 0 Å². The molecule has 0 aliphatic rings. The van der Waals surface area contributed by atoms with Gasteiger partial charge in [-0.15, -0.1) is 0 Å². The van der Waals surface area contributed by atoms with Crippen molar-refractivity contribution >= 4 is 11.7 Å². The maximum atomic E-state index is 10.9. The van der Waals surface area contributed by atoms with Gasteiger partial charge in [0.05, 0.1) is 5.69 Å². The Bertz CT molecular complexity index is 285. The molecule has 0 aliphatic carbocycles. The molecule has 0 bridgehead atoms. The maximum Gasteiger partial charge on any atom is 0.319 e. The molecule has 2 N–H and O–H groups in total. The summed E-state index contributed by atoms with van der Waals surface area (Å²) < 4.78 is 0. The Morgan fingerprint density at radius 1 is 1.67 bits per heavy atom. The number of nitrogens with zero attached hydrogens (tertiary/aromatic N) is 1. The lowest BCUT2D eigenvalue weighted by Crippen LogP contribution is -2.24. The number of rotatable bonds is 1. The second-order valence-corrected chi connectivity index (χ2v) is 2.32. The van der Waals surface area contributed by atoms with Gasteiger partial charge in [0.1, 0.15) is 6.20 Å². The first-order valence-corrected chi connectivity index (χ1v) is 3.56. The molecule has 0 aliphatic heterocycles. The summed E-state index contributed by atoms with van der Waals surface area (Å²) in [7, 11) is 1.56. The van der Waals surface area contributed by atoms with Crippen molar-refractivity contribution in [2.75, 3.05) is 12.4 Å². The third kappa shape index (κ3) is 1.95. The van der Waals surface area contributed by atoms with E-state index >= 15 is 0 Å². The van der Waals surface area contributed by atoms with Crippen LogP contribution in [0.25, 0.3) is 0 Å². The predicted octanol–water partition coefficient (Wildman–Crippen LogP) is 0.942. The van der Waals surface area contributed by atoms with Crippen LogP contribution in [-0.4, -0.2) is 18.1 Å². The molecule has 1 aromatic rings. The van der Waals surface area contributed by atoms with E-state index in [9.17, 15) is 4.79 Å². The Labute approximate surface area is 71.0 Å². The summed E-state index contributed by atoms with van der Waals surface area (Å²) >= 11 is 0. The number of urea groups is 1. The van der Waals surface area contributed by atoms with Crippen molar-refractivity contribution in [1.29, 1.82) is 0 Å². The van der Waals surface area contributed by atoms with Gasteiger partial charge in [-0.1, -0.05) is 0 Å². The molecule has 1 radical (unpaired) electrons. The number of hydrogen-bond acceptors (Lipinski definition) is 2. The Hall–Kier alpha value is -1.58. The Morgan fingerprint density at radius 2 is 2.42 bits per heavy atom. The summed E-state index contributed by atoms with van der Waals surface area (Å²) in [4.78, 5) is 14.6. The van der Waals surface area contributed by atoms with Crippen molar-refractivity contribution < 1.29 is 4.79 Å². The van der Waals surface area contributed by atoms with E-state index in [1.165, 1.54) is 0 Å². The van der Waals surface area contributed by atoms with Crippen molar-refractivity contribution in [3.05, 3.63) is 24.0 Å². The average molecular weight is 164 g/mol. The van der Waals surface area contributed by atoms with Gasteiger partial charge in [-0.3, -0.25) is 4.98 Å². The van der Waals surface area contributed by atoms with E-state index in [1.807, 2.05) is 13.0 Å². The number of carbonyl (C=O) groups excluding carboxylic acids is 1. The minimum Gasteiger partial charge on any atom is -0.341 e. The second kappa shape index (κ2) is 3.71. The lowest BCUT2D eigenvalue weighted by molar-refractivity contribution is 0.254. The van der Waals surface area contributed by atoms with Crippen LogP contribution in [0, 0.1) is 13.1 Å². The maximum absolute atomic E-state index is 10.9. The molecule has 2 amide bonds. The van der Waals surface area contributed by atoms with Gasteiger partial charge in [0, 0.05) is 13.2 Å². The van der Waals surface area contributed by atoms with Gasteiger partial charge in [-0.2, -0.15) is 0 Å². The lowest BCUT2D eigenvalue weighted by Gasteiger charge is -2.04. The molecule has 1 aromatic heterocycles. The normalized spacial score (nSPS) is 9.17. The van der Waals surface area contributed by atoms with E-state index in [0.717, 1.165) is 5.56 Å². The summed E-state index contributed by atoms with van der Waals surface area (Å²) in [5, 5.41) is 5.03. The van der Waals surface area contributed by atoms with E-state index in [2.05, 4.69) is 21.8 Å². The Kier molecular flexibility index (Phi) is 2.63. The average Bonchev–Trinajstić information content (AvgIpc) is 2.09. The van der Waals surface area contributed by atoms with Gasteiger partial charge in [-0.05, 0) is 18.6 Å². The minimum absolute atomic E-state index is 0.262. The van der Waals surface area contributed by atoms with Crippen LogP contribution in [0.4, 0.5) is 10.5 Å². The number of carbonyl (C=O) groups is 1. The van der Waals surface area contributed by atoms with Crippen molar-refractivity contribution in [1.82, 2.24) is 10.3 Å². The number of aromatic nitrogens is 1. The molecule has 0 aromatic carbocycles. The van der Waals surface area contributed by atoms with Crippen LogP contribution in [0.15, 0.2) is 12.3 Å². The Balaban J connectivity index is 2.75. The molecule has 1 rings (SSSR count). The summed E-state index contributed by atoms with van der Waals surface area (Å²) in [5.74, 6) is 0. The lowest BCUT2D eigenvalue weighted by atomic mass is 10.2. The van der Waals surface area contributed by atoms with Crippen LogP contribution in [0.1, 0.15) is 5.56 Å². The summed E-state index contributed by atoms with van der Waals surface area (Å²) in [6.07, 6.45) is 4.31. The summed E-state index contributed by atoms with van der Waals surface area (Å²) in [6.45, 7) is 1.88. The highest BCUT2D eigenvalue weighted by molar-refractivity contribution is 5.89. The van der Waals surface area contributed by atoms with Gasteiger partial charge in [0.25, 0.3) is 0 Å². The molecule has 63 valence electrons. The van der Waals surface area contributed by atoms with Crippen LogP contribution >= 0.6 is 0 Å². The Morgan fingerprint density at radius 3 is 3.00 bits per heavy atom. The zero-order valence-electron chi connectivity index (χ0n) is 7.01. The molecule has 1 heterocycles. The van der Waals surface area contributed by atoms with E-state index in [0.29, 0.717) is 5.69 Å². The van der Waals surface area contributed by atoms with Gasteiger partial charge in [0.2, 0.25) is 0 Å². The molecule has 0 saturated carbocycles. The molecule has 0 fully saturated rings. The summed E-state index contributed by atoms with van der Waals surface area (Å²) in [5.41, 5.74) is 1.55. The van der Waals surface area contributed by atoms with Gasteiger partial charge in [-0.25, -0.2) is 4.79 Å². The predicted molar refractivity (Wildman–Crippen MR) is 45.9 cm³/mol. The molecule has 0 atom stereocenters. The highest BCUT2D eigenvalue weighted by Gasteiger charge is 2.00. The fourth-order valence-corrected chi connectivity index (χ4v) is 0.725. The monoisotopic (exact) mass is 164 g/mol. The number of nitrogens with one attached hydrogen (secondary N) is 2. The van der Waals surface area contributed by atoms with Gasteiger partial charge in [0.15, 0.2) is 0 Å². The first-order valence-electron chi connectivity index (χ1n) is 3.56. The third-order valence-corrected chi connectivity index (χ3v) is 1.44. The minimum atomic E-state index is -0.262. The first-order chi connectivity index (χ1) is 5.74. The fourth-order valence-electron chi connectivity index (χ4n) is 0.725. The molecule has 12 heavy (non-hydrogen) atoms. The molecule has 4 heteroatoms. The molecule has 0 spiro atoms.